The zero-order valence-electron chi connectivity index (χ0n) is 7.63. The lowest BCUT2D eigenvalue weighted by Gasteiger charge is -1.96. The van der Waals surface area contributed by atoms with Crippen LogP contribution in [0.1, 0.15) is 5.56 Å². The Labute approximate surface area is 81.6 Å². The molecule has 0 saturated carbocycles. The van der Waals surface area contributed by atoms with Crippen LogP contribution in [-0.2, 0) is 6.54 Å². The van der Waals surface area contributed by atoms with Crippen molar-refractivity contribution in [3.63, 3.8) is 0 Å². The van der Waals surface area contributed by atoms with Gasteiger partial charge in [-0.3, -0.25) is 0 Å². The lowest BCUT2D eigenvalue weighted by molar-refractivity contribution is 0.628. The number of hydrogen-bond donors (Lipinski definition) is 2. The molecule has 0 bridgehead atoms. The van der Waals surface area contributed by atoms with Crippen LogP contribution in [0, 0.1) is 5.82 Å². The van der Waals surface area contributed by atoms with Crippen LogP contribution in [0.15, 0.2) is 36.5 Å². The van der Waals surface area contributed by atoms with Crippen LogP contribution in [0.5, 0.6) is 0 Å². The summed E-state index contributed by atoms with van der Waals surface area (Å²) in [5, 5.41) is 0. The van der Waals surface area contributed by atoms with Gasteiger partial charge in [-0.25, -0.2) is 4.39 Å². The summed E-state index contributed by atoms with van der Waals surface area (Å²) in [5.74, 6) is -0.223. The second-order valence-electron chi connectivity index (χ2n) is 3.13. The van der Waals surface area contributed by atoms with E-state index in [4.69, 9.17) is 5.73 Å². The van der Waals surface area contributed by atoms with Crippen LogP contribution in [0.4, 0.5) is 4.39 Å². The average molecular weight is 190 g/mol. The van der Waals surface area contributed by atoms with Crippen LogP contribution in [0.2, 0.25) is 0 Å². The van der Waals surface area contributed by atoms with Crippen LogP contribution < -0.4 is 5.73 Å². The van der Waals surface area contributed by atoms with Crippen molar-refractivity contribution in [3.8, 4) is 11.3 Å². The molecule has 3 heteroatoms. The van der Waals surface area contributed by atoms with Crippen LogP contribution in [0.3, 0.4) is 0 Å². The Morgan fingerprint density at radius 2 is 1.93 bits per heavy atom. The Bertz CT molecular complexity index is 417. The maximum atomic E-state index is 12.6. The van der Waals surface area contributed by atoms with Gasteiger partial charge >= 0.3 is 0 Å². The molecule has 1 heterocycles. The minimum Gasteiger partial charge on any atom is -0.361 e. The molecule has 0 radical (unpaired) electrons. The number of halogens is 1. The zero-order valence-corrected chi connectivity index (χ0v) is 7.63. The Morgan fingerprint density at radius 1 is 1.21 bits per heavy atom. The molecular formula is C11H11FN2. The molecular weight excluding hydrogens is 179 g/mol. The van der Waals surface area contributed by atoms with Crippen LogP contribution in [0.25, 0.3) is 11.3 Å². The van der Waals surface area contributed by atoms with E-state index in [9.17, 15) is 4.39 Å². The molecule has 72 valence electrons. The first-order valence-corrected chi connectivity index (χ1v) is 4.43. The maximum Gasteiger partial charge on any atom is 0.123 e. The quantitative estimate of drug-likeness (QED) is 0.749. The van der Waals surface area contributed by atoms with Gasteiger partial charge in [0.25, 0.3) is 0 Å². The fraction of sp³-hybridized carbons (Fsp3) is 0.0909. The summed E-state index contributed by atoms with van der Waals surface area (Å²) >= 11 is 0. The van der Waals surface area contributed by atoms with E-state index in [0.717, 1.165) is 16.8 Å². The number of rotatable bonds is 2. The third kappa shape index (κ3) is 1.67. The molecule has 0 atom stereocenters. The van der Waals surface area contributed by atoms with E-state index in [2.05, 4.69) is 4.98 Å². The van der Waals surface area contributed by atoms with Gasteiger partial charge in [0.05, 0.1) is 0 Å². The summed E-state index contributed by atoms with van der Waals surface area (Å²) in [4.78, 5) is 3.09. The van der Waals surface area contributed by atoms with E-state index in [1.54, 1.807) is 12.1 Å². The van der Waals surface area contributed by atoms with Gasteiger partial charge in [-0.05, 0) is 41.5 Å². The Kier molecular flexibility index (Phi) is 2.33. The third-order valence-corrected chi connectivity index (χ3v) is 2.13. The van der Waals surface area contributed by atoms with E-state index < -0.39 is 0 Å². The highest BCUT2D eigenvalue weighted by molar-refractivity contribution is 5.60. The monoisotopic (exact) mass is 190 g/mol. The maximum absolute atomic E-state index is 12.6. The summed E-state index contributed by atoms with van der Waals surface area (Å²) in [6.07, 6.45) is 1.86. The lowest BCUT2D eigenvalue weighted by atomic mass is 10.1. The van der Waals surface area contributed by atoms with E-state index in [1.807, 2.05) is 12.3 Å². The van der Waals surface area contributed by atoms with Gasteiger partial charge in [0.15, 0.2) is 0 Å². The normalized spacial score (nSPS) is 10.4. The standard InChI is InChI=1S/C11H11FN2/c12-10-3-1-9(2-4-10)11-5-8(6-13)7-14-11/h1-5,7,14H,6,13H2. The summed E-state index contributed by atoms with van der Waals surface area (Å²) < 4.78 is 12.6. The first-order valence-electron chi connectivity index (χ1n) is 4.43. The number of benzene rings is 1. The molecule has 0 unspecified atom stereocenters. The number of aromatic nitrogens is 1. The number of hydrogen-bond acceptors (Lipinski definition) is 1. The zero-order chi connectivity index (χ0) is 9.97. The fourth-order valence-corrected chi connectivity index (χ4v) is 1.35. The smallest absolute Gasteiger partial charge is 0.123 e. The van der Waals surface area contributed by atoms with Gasteiger partial charge in [-0.2, -0.15) is 0 Å². The number of nitrogens with two attached hydrogens (primary N) is 1. The second kappa shape index (κ2) is 3.64. The summed E-state index contributed by atoms with van der Waals surface area (Å²) in [6.45, 7) is 0.512. The Balaban J connectivity index is 2.34. The van der Waals surface area contributed by atoms with Crippen molar-refractivity contribution in [1.82, 2.24) is 4.98 Å². The molecule has 1 aromatic carbocycles. The highest BCUT2D eigenvalue weighted by Gasteiger charge is 2.00. The summed E-state index contributed by atoms with van der Waals surface area (Å²) in [7, 11) is 0. The van der Waals surface area contributed by atoms with E-state index in [-0.39, 0.29) is 5.82 Å². The number of nitrogens with one attached hydrogen (secondary N) is 1. The molecule has 0 amide bonds. The number of aromatic amines is 1. The van der Waals surface area contributed by atoms with Gasteiger partial charge in [0.1, 0.15) is 5.82 Å². The molecule has 0 spiro atoms. The first kappa shape index (κ1) is 8.97. The predicted octanol–water partition coefficient (Wildman–Crippen LogP) is 2.28. The van der Waals surface area contributed by atoms with Crippen molar-refractivity contribution in [2.45, 2.75) is 6.54 Å². The highest BCUT2D eigenvalue weighted by Crippen LogP contribution is 2.18. The molecule has 3 N–H and O–H groups in total. The highest BCUT2D eigenvalue weighted by atomic mass is 19.1. The van der Waals surface area contributed by atoms with Crippen LogP contribution >= 0.6 is 0 Å². The van der Waals surface area contributed by atoms with E-state index in [0.29, 0.717) is 6.54 Å². The SMILES string of the molecule is NCc1c[nH]c(-c2ccc(F)cc2)c1. The average Bonchev–Trinajstić information content (AvgIpc) is 2.67. The molecule has 1 aromatic heterocycles. The molecule has 2 nitrogen and oxygen atoms in total. The summed E-state index contributed by atoms with van der Waals surface area (Å²) in [5.41, 5.74) is 8.46. The van der Waals surface area contributed by atoms with Crippen molar-refractivity contribution in [2.75, 3.05) is 0 Å². The third-order valence-electron chi connectivity index (χ3n) is 2.13. The van der Waals surface area contributed by atoms with Crippen molar-refractivity contribution < 1.29 is 4.39 Å². The van der Waals surface area contributed by atoms with Crippen molar-refractivity contribution in [3.05, 3.63) is 47.9 Å². The molecule has 0 aliphatic carbocycles. The van der Waals surface area contributed by atoms with Crippen molar-refractivity contribution in [1.29, 1.82) is 0 Å². The topological polar surface area (TPSA) is 41.8 Å². The van der Waals surface area contributed by atoms with E-state index >= 15 is 0 Å². The van der Waals surface area contributed by atoms with Crippen molar-refractivity contribution in [2.24, 2.45) is 5.73 Å². The Morgan fingerprint density at radius 3 is 2.50 bits per heavy atom. The molecule has 14 heavy (non-hydrogen) atoms. The minimum absolute atomic E-state index is 0.223. The fourth-order valence-electron chi connectivity index (χ4n) is 1.35. The van der Waals surface area contributed by atoms with Gasteiger partial charge < -0.3 is 10.7 Å². The van der Waals surface area contributed by atoms with Gasteiger partial charge in [0.2, 0.25) is 0 Å². The second-order valence-corrected chi connectivity index (χ2v) is 3.13. The lowest BCUT2D eigenvalue weighted by Crippen LogP contribution is -1.92. The van der Waals surface area contributed by atoms with E-state index in [1.165, 1.54) is 12.1 Å². The molecule has 0 aliphatic rings. The predicted molar refractivity (Wildman–Crippen MR) is 54.1 cm³/mol. The van der Waals surface area contributed by atoms with Gasteiger partial charge in [-0.1, -0.05) is 0 Å². The van der Waals surface area contributed by atoms with Gasteiger partial charge in [0, 0.05) is 18.4 Å². The van der Waals surface area contributed by atoms with Gasteiger partial charge in [-0.15, -0.1) is 0 Å². The molecule has 2 aromatic rings. The molecule has 0 aliphatic heterocycles. The largest absolute Gasteiger partial charge is 0.361 e. The Hall–Kier alpha value is -1.61. The minimum atomic E-state index is -0.223. The molecule has 0 saturated heterocycles. The molecule has 0 fully saturated rings. The summed E-state index contributed by atoms with van der Waals surface area (Å²) in [6, 6.07) is 8.33. The number of H-pyrrole nitrogens is 1. The van der Waals surface area contributed by atoms with Crippen LogP contribution in [-0.4, -0.2) is 4.98 Å². The van der Waals surface area contributed by atoms with Crippen molar-refractivity contribution >= 4 is 0 Å². The molecule has 2 rings (SSSR count). The first-order chi connectivity index (χ1) is 6.79.